The summed E-state index contributed by atoms with van der Waals surface area (Å²) in [6, 6.07) is 9.48. The van der Waals surface area contributed by atoms with Gasteiger partial charge in [0, 0.05) is 12.5 Å². The number of hydrogen-bond acceptors (Lipinski definition) is 3. The average Bonchev–Trinajstić information content (AvgIpc) is 2.39. The average molecular weight is 264 g/mol. The summed E-state index contributed by atoms with van der Waals surface area (Å²) in [6.07, 6.45) is 1.35. The molecular weight excluding hydrogens is 240 g/mol. The van der Waals surface area contributed by atoms with Crippen LogP contribution in [0, 0.1) is 0 Å². The van der Waals surface area contributed by atoms with E-state index >= 15 is 0 Å². The lowest BCUT2D eigenvalue weighted by molar-refractivity contribution is -0.121. The molecular formula is C15H24N2O2. The lowest BCUT2D eigenvalue weighted by Crippen LogP contribution is -2.34. The first-order valence-electron chi connectivity index (χ1n) is 6.80. The van der Waals surface area contributed by atoms with Crippen LogP contribution in [0.5, 0.6) is 0 Å². The molecule has 1 amide bonds. The number of carbonyl (C=O) groups is 1. The first kappa shape index (κ1) is 15.7. The molecule has 1 rings (SSSR count). The van der Waals surface area contributed by atoms with Crippen LogP contribution in [0.25, 0.3) is 0 Å². The molecule has 1 aromatic carbocycles. The molecule has 0 aliphatic rings. The highest BCUT2D eigenvalue weighted by atomic mass is 16.3. The predicted molar refractivity (Wildman–Crippen MR) is 76.8 cm³/mol. The second kappa shape index (κ2) is 8.67. The molecule has 4 nitrogen and oxygen atoms in total. The van der Waals surface area contributed by atoms with Crippen molar-refractivity contribution in [3.8, 4) is 0 Å². The molecule has 2 unspecified atom stereocenters. The molecule has 3 N–H and O–H groups in total. The van der Waals surface area contributed by atoms with Crippen LogP contribution in [0.4, 0.5) is 0 Å². The fraction of sp³-hybridized carbons (Fsp3) is 0.533. The molecule has 0 aliphatic heterocycles. The molecule has 0 saturated carbocycles. The van der Waals surface area contributed by atoms with E-state index in [0.717, 1.165) is 18.5 Å². The van der Waals surface area contributed by atoms with Crippen LogP contribution in [0.15, 0.2) is 30.3 Å². The van der Waals surface area contributed by atoms with Gasteiger partial charge >= 0.3 is 0 Å². The summed E-state index contributed by atoms with van der Waals surface area (Å²) in [6.45, 7) is 2.76. The van der Waals surface area contributed by atoms with Gasteiger partial charge in [-0.1, -0.05) is 30.3 Å². The third kappa shape index (κ3) is 6.36. The zero-order valence-corrected chi connectivity index (χ0v) is 11.7. The lowest BCUT2D eigenvalue weighted by atomic mass is 10.0. The van der Waals surface area contributed by atoms with Crippen LogP contribution < -0.4 is 10.6 Å². The first-order chi connectivity index (χ1) is 9.13. The second-order valence-electron chi connectivity index (χ2n) is 4.84. The molecule has 0 radical (unpaired) electrons. The van der Waals surface area contributed by atoms with Crippen molar-refractivity contribution in [2.75, 3.05) is 13.6 Å². The smallest absolute Gasteiger partial charge is 0.220 e. The number of carbonyl (C=O) groups excluding carboxylic acids is 1. The van der Waals surface area contributed by atoms with Gasteiger partial charge < -0.3 is 15.7 Å². The molecule has 0 fully saturated rings. The topological polar surface area (TPSA) is 61.4 Å². The summed E-state index contributed by atoms with van der Waals surface area (Å²) in [5.74, 6) is 0.0445. The molecule has 4 heteroatoms. The van der Waals surface area contributed by atoms with Crippen molar-refractivity contribution < 1.29 is 9.90 Å². The Hall–Kier alpha value is -1.39. The van der Waals surface area contributed by atoms with Gasteiger partial charge in [-0.25, -0.2) is 0 Å². The number of benzene rings is 1. The molecule has 0 heterocycles. The predicted octanol–water partition coefficient (Wildman–Crippen LogP) is 1.61. The van der Waals surface area contributed by atoms with Crippen LogP contribution in [0.1, 0.15) is 37.9 Å². The van der Waals surface area contributed by atoms with Crippen LogP contribution >= 0.6 is 0 Å². The van der Waals surface area contributed by atoms with Crippen molar-refractivity contribution in [3.63, 3.8) is 0 Å². The van der Waals surface area contributed by atoms with Crippen molar-refractivity contribution in [2.24, 2.45) is 0 Å². The number of aliphatic hydroxyl groups excluding tert-OH is 1. The van der Waals surface area contributed by atoms with Crippen LogP contribution in [-0.4, -0.2) is 30.6 Å². The van der Waals surface area contributed by atoms with Gasteiger partial charge in [0.15, 0.2) is 0 Å². The molecule has 0 aliphatic carbocycles. The van der Waals surface area contributed by atoms with Gasteiger partial charge in [0.05, 0.1) is 6.10 Å². The molecule has 106 valence electrons. The molecule has 19 heavy (non-hydrogen) atoms. The van der Waals surface area contributed by atoms with Gasteiger partial charge in [0.1, 0.15) is 0 Å². The van der Waals surface area contributed by atoms with Crippen molar-refractivity contribution in [1.29, 1.82) is 0 Å². The summed E-state index contributed by atoms with van der Waals surface area (Å²) >= 11 is 0. The minimum atomic E-state index is -0.534. The number of aliphatic hydroxyl groups is 1. The van der Waals surface area contributed by atoms with E-state index in [1.54, 1.807) is 0 Å². The molecule has 0 bridgehead atoms. The Morgan fingerprint density at radius 3 is 2.63 bits per heavy atom. The highest BCUT2D eigenvalue weighted by Gasteiger charge is 2.13. The van der Waals surface area contributed by atoms with Crippen LogP contribution in [0.3, 0.4) is 0 Å². The molecule has 0 saturated heterocycles. The van der Waals surface area contributed by atoms with Gasteiger partial charge in [0.25, 0.3) is 0 Å². The third-order valence-electron chi connectivity index (χ3n) is 3.00. The fourth-order valence-electron chi connectivity index (χ4n) is 1.98. The third-order valence-corrected chi connectivity index (χ3v) is 3.00. The number of nitrogens with one attached hydrogen (secondary N) is 2. The number of amides is 1. The Morgan fingerprint density at radius 2 is 2.00 bits per heavy atom. The number of rotatable bonds is 8. The largest absolute Gasteiger partial charge is 0.388 e. The Bertz CT molecular complexity index is 368. The summed E-state index contributed by atoms with van der Waals surface area (Å²) in [4.78, 5) is 11.6. The highest BCUT2D eigenvalue weighted by Crippen LogP contribution is 2.17. The number of hydrogen-bond donors (Lipinski definition) is 3. The Labute approximate surface area is 115 Å². The normalized spacial score (nSPS) is 13.8. The summed E-state index contributed by atoms with van der Waals surface area (Å²) in [7, 11) is 1.87. The van der Waals surface area contributed by atoms with E-state index in [2.05, 4.69) is 10.6 Å². The van der Waals surface area contributed by atoms with Gasteiger partial charge in [-0.05, 0) is 38.9 Å². The fourth-order valence-corrected chi connectivity index (χ4v) is 1.98. The summed E-state index contributed by atoms with van der Waals surface area (Å²) < 4.78 is 0. The quantitative estimate of drug-likeness (QED) is 0.625. The van der Waals surface area contributed by atoms with Crippen LogP contribution in [-0.2, 0) is 4.79 Å². The van der Waals surface area contributed by atoms with E-state index in [4.69, 9.17) is 0 Å². The SMILES string of the molecule is CNCCCC(=O)NC(C)CC(O)c1ccccc1. The minimum Gasteiger partial charge on any atom is -0.388 e. The molecule has 1 aromatic rings. The maximum Gasteiger partial charge on any atom is 0.220 e. The van der Waals surface area contributed by atoms with E-state index in [9.17, 15) is 9.90 Å². The molecule has 0 aromatic heterocycles. The van der Waals surface area contributed by atoms with Crippen molar-refractivity contribution in [2.45, 2.75) is 38.3 Å². The lowest BCUT2D eigenvalue weighted by Gasteiger charge is -2.18. The molecule has 2 atom stereocenters. The summed E-state index contributed by atoms with van der Waals surface area (Å²) in [5, 5.41) is 16.0. The Kier molecular flexibility index (Phi) is 7.15. The Balaban J connectivity index is 2.30. The zero-order valence-electron chi connectivity index (χ0n) is 11.7. The van der Waals surface area contributed by atoms with Gasteiger partial charge in [-0.15, -0.1) is 0 Å². The van der Waals surface area contributed by atoms with E-state index in [1.165, 1.54) is 0 Å². The van der Waals surface area contributed by atoms with Crippen molar-refractivity contribution in [1.82, 2.24) is 10.6 Å². The monoisotopic (exact) mass is 264 g/mol. The standard InChI is InChI=1S/C15H24N2O2/c1-12(17-15(19)9-6-10-16-2)11-14(18)13-7-4-3-5-8-13/h3-5,7-8,12,14,16,18H,6,9-11H2,1-2H3,(H,17,19). The zero-order chi connectivity index (χ0) is 14.1. The van der Waals surface area contributed by atoms with E-state index in [-0.39, 0.29) is 11.9 Å². The Morgan fingerprint density at radius 1 is 1.32 bits per heavy atom. The highest BCUT2D eigenvalue weighted by molar-refractivity contribution is 5.76. The van der Waals surface area contributed by atoms with E-state index in [0.29, 0.717) is 12.8 Å². The maximum atomic E-state index is 11.6. The van der Waals surface area contributed by atoms with Gasteiger partial charge in [-0.2, -0.15) is 0 Å². The van der Waals surface area contributed by atoms with Gasteiger partial charge in [0.2, 0.25) is 5.91 Å². The van der Waals surface area contributed by atoms with Crippen molar-refractivity contribution >= 4 is 5.91 Å². The van der Waals surface area contributed by atoms with E-state index in [1.807, 2.05) is 44.3 Å². The first-order valence-corrected chi connectivity index (χ1v) is 6.80. The summed E-state index contributed by atoms with van der Waals surface area (Å²) in [5.41, 5.74) is 0.888. The van der Waals surface area contributed by atoms with E-state index < -0.39 is 6.10 Å². The van der Waals surface area contributed by atoms with Gasteiger partial charge in [-0.3, -0.25) is 4.79 Å². The second-order valence-corrected chi connectivity index (χ2v) is 4.84. The van der Waals surface area contributed by atoms with Crippen LogP contribution in [0.2, 0.25) is 0 Å². The maximum absolute atomic E-state index is 11.6. The minimum absolute atomic E-state index is 0.0303. The van der Waals surface area contributed by atoms with Crippen molar-refractivity contribution in [3.05, 3.63) is 35.9 Å². The molecule has 0 spiro atoms.